The number of hydrogen-bond donors (Lipinski definition) is 1. The van der Waals surface area contributed by atoms with Crippen molar-refractivity contribution in [2.24, 2.45) is 0 Å². The highest BCUT2D eigenvalue weighted by atomic mass is 16.2. The van der Waals surface area contributed by atoms with Crippen LogP contribution in [0.25, 0.3) is 0 Å². The van der Waals surface area contributed by atoms with Crippen molar-refractivity contribution in [3.8, 4) is 0 Å². The van der Waals surface area contributed by atoms with Gasteiger partial charge in [-0.1, -0.05) is 43.3 Å². The van der Waals surface area contributed by atoms with Crippen LogP contribution >= 0.6 is 0 Å². The molecule has 0 aromatic heterocycles. The van der Waals surface area contributed by atoms with Gasteiger partial charge in [0.15, 0.2) is 0 Å². The first-order chi connectivity index (χ1) is 11.6. The Hall–Kier alpha value is -2.95. The number of rotatable bonds is 5. The molecule has 1 N–H and O–H groups in total. The lowest BCUT2D eigenvalue weighted by Gasteiger charge is -2.13. The third-order valence-electron chi connectivity index (χ3n) is 4.10. The molecule has 24 heavy (non-hydrogen) atoms. The Morgan fingerprint density at radius 2 is 1.46 bits per heavy atom. The molecule has 1 aliphatic rings. The number of imide groups is 1. The van der Waals surface area contributed by atoms with E-state index in [-0.39, 0.29) is 12.5 Å². The van der Waals surface area contributed by atoms with E-state index in [1.807, 2.05) is 24.3 Å². The van der Waals surface area contributed by atoms with Crippen molar-refractivity contribution in [1.82, 2.24) is 10.2 Å². The zero-order valence-corrected chi connectivity index (χ0v) is 13.4. The lowest BCUT2D eigenvalue weighted by molar-refractivity contribution is -0.121. The Labute approximate surface area is 140 Å². The second-order valence-corrected chi connectivity index (χ2v) is 5.69. The maximum absolute atomic E-state index is 12.2. The highest BCUT2D eigenvalue weighted by Crippen LogP contribution is 2.21. The van der Waals surface area contributed by atoms with E-state index in [2.05, 4.69) is 12.2 Å². The first-order valence-corrected chi connectivity index (χ1v) is 7.90. The third-order valence-corrected chi connectivity index (χ3v) is 4.10. The lowest BCUT2D eigenvalue weighted by Crippen LogP contribution is -2.40. The predicted molar refractivity (Wildman–Crippen MR) is 89.5 cm³/mol. The zero-order valence-electron chi connectivity index (χ0n) is 13.4. The molecule has 0 bridgehead atoms. The maximum Gasteiger partial charge on any atom is 0.262 e. The van der Waals surface area contributed by atoms with Gasteiger partial charge in [-0.25, -0.2) is 0 Å². The first-order valence-electron chi connectivity index (χ1n) is 7.90. The van der Waals surface area contributed by atoms with E-state index in [0.717, 1.165) is 16.9 Å². The Bertz CT molecular complexity index is 762. The van der Waals surface area contributed by atoms with Crippen molar-refractivity contribution in [3.63, 3.8) is 0 Å². The molecule has 2 aromatic carbocycles. The van der Waals surface area contributed by atoms with Crippen LogP contribution in [-0.4, -0.2) is 29.2 Å². The summed E-state index contributed by atoms with van der Waals surface area (Å²) in [5.41, 5.74) is 2.91. The summed E-state index contributed by atoms with van der Waals surface area (Å²) in [5, 5.41) is 2.75. The van der Waals surface area contributed by atoms with Crippen molar-refractivity contribution in [1.29, 1.82) is 0 Å². The van der Waals surface area contributed by atoms with Gasteiger partial charge in [0, 0.05) is 6.54 Å². The third kappa shape index (κ3) is 3.06. The number of benzene rings is 2. The van der Waals surface area contributed by atoms with Crippen LogP contribution in [0, 0.1) is 0 Å². The predicted octanol–water partition coefficient (Wildman–Crippen LogP) is 2.16. The smallest absolute Gasteiger partial charge is 0.262 e. The molecule has 1 heterocycles. The largest absolute Gasteiger partial charge is 0.350 e. The van der Waals surface area contributed by atoms with Gasteiger partial charge in [0.25, 0.3) is 11.8 Å². The van der Waals surface area contributed by atoms with Crippen LogP contribution < -0.4 is 5.32 Å². The van der Waals surface area contributed by atoms with Gasteiger partial charge in [-0.15, -0.1) is 0 Å². The van der Waals surface area contributed by atoms with Gasteiger partial charge in [0.2, 0.25) is 5.91 Å². The summed E-state index contributed by atoms with van der Waals surface area (Å²) in [6.07, 6.45) is 0.965. The van der Waals surface area contributed by atoms with Crippen LogP contribution in [0.15, 0.2) is 48.5 Å². The lowest BCUT2D eigenvalue weighted by atomic mass is 10.1. The van der Waals surface area contributed by atoms with Crippen molar-refractivity contribution >= 4 is 17.7 Å². The number of carbonyl (C=O) groups excluding carboxylic acids is 3. The minimum absolute atomic E-state index is 0.264. The van der Waals surface area contributed by atoms with Crippen LogP contribution in [0.1, 0.15) is 38.8 Å². The molecule has 0 unspecified atom stereocenters. The summed E-state index contributed by atoms with van der Waals surface area (Å²) in [4.78, 5) is 37.5. The van der Waals surface area contributed by atoms with Crippen LogP contribution in [0.3, 0.4) is 0 Å². The number of carbonyl (C=O) groups is 3. The fraction of sp³-hybridized carbons (Fsp3) is 0.211. The average molecular weight is 322 g/mol. The SMILES string of the molecule is CCc1ccc(CNC(=O)CN2C(=O)c3ccccc3C2=O)cc1. The van der Waals surface area contributed by atoms with Crippen molar-refractivity contribution in [2.45, 2.75) is 19.9 Å². The van der Waals surface area contributed by atoms with Crippen LogP contribution in [-0.2, 0) is 17.8 Å². The van der Waals surface area contributed by atoms with Gasteiger partial charge in [0.1, 0.15) is 6.54 Å². The van der Waals surface area contributed by atoms with Crippen molar-refractivity contribution in [2.75, 3.05) is 6.54 Å². The summed E-state index contributed by atoms with van der Waals surface area (Å²) in [5.74, 6) is -1.19. The summed E-state index contributed by atoms with van der Waals surface area (Å²) in [6, 6.07) is 14.6. The number of nitrogens with zero attached hydrogens (tertiary/aromatic N) is 1. The van der Waals surface area contributed by atoms with E-state index < -0.39 is 11.8 Å². The topological polar surface area (TPSA) is 66.5 Å². The number of amides is 3. The standard InChI is InChI=1S/C19H18N2O3/c1-2-13-7-9-14(10-8-13)11-20-17(22)12-21-18(23)15-5-3-4-6-16(15)19(21)24/h3-10H,2,11-12H2,1H3,(H,20,22). The van der Waals surface area contributed by atoms with Gasteiger partial charge in [-0.2, -0.15) is 0 Å². The molecule has 0 saturated heterocycles. The van der Waals surface area contributed by atoms with E-state index in [1.165, 1.54) is 5.56 Å². The molecular weight excluding hydrogens is 304 g/mol. The number of aryl methyl sites for hydroxylation is 1. The average Bonchev–Trinajstić information content (AvgIpc) is 2.86. The van der Waals surface area contributed by atoms with Gasteiger partial charge in [0.05, 0.1) is 11.1 Å². The molecule has 0 spiro atoms. The molecule has 3 rings (SSSR count). The zero-order chi connectivity index (χ0) is 17.1. The molecule has 5 nitrogen and oxygen atoms in total. The molecule has 2 aromatic rings. The summed E-state index contributed by atoms with van der Waals surface area (Å²) < 4.78 is 0. The van der Waals surface area contributed by atoms with Gasteiger partial charge in [-0.05, 0) is 29.7 Å². The second kappa shape index (κ2) is 6.66. The molecule has 0 fully saturated rings. The van der Waals surface area contributed by atoms with Crippen LogP contribution in [0.4, 0.5) is 0 Å². The van der Waals surface area contributed by atoms with Gasteiger partial charge < -0.3 is 5.32 Å². The van der Waals surface area contributed by atoms with E-state index in [4.69, 9.17) is 0 Å². The molecular formula is C19H18N2O3. The second-order valence-electron chi connectivity index (χ2n) is 5.69. The van der Waals surface area contributed by atoms with E-state index in [1.54, 1.807) is 24.3 Å². The Morgan fingerprint density at radius 3 is 2.00 bits per heavy atom. The molecule has 0 aliphatic carbocycles. The molecule has 3 amide bonds. The van der Waals surface area contributed by atoms with E-state index in [9.17, 15) is 14.4 Å². The monoisotopic (exact) mass is 322 g/mol. The normalized spacial score (nSPS) is 13.1. The molecule has 0 radical (unpaired) electrons. The molecule has 0 saturated carbocycles. The molecule has 1 aliphatic heterocycles. The maximum atomic E-state index is 12.2. The quantitative estimate of drug-likeness (QED) is 0.858. The summed E-state index contributed by atoms with van der Waals surface area (Å²) in [7, 11) is 0. The van der Waals surface area contributed by atoms with Crippen LogP contribution in [0.2, 0.25) is 0 Å². The van der Waals surface area contributed by atoms with E-state index >= 15 is 0 Å². The molecule has 0 atom stereocenters. The summed E-state index contributed by atoms with van der Waals surface area (Å²) in [6.45, 7) is 2.18. The van der Waals surface area contributed by atoms with Crippen molar-refractivity contribution in [3.05, 3.63) is 70.8 Å². The van der Waals surface area contributed by atoms with Crippen molar-refractivity contribution < 1.29 is 14.4 Å². The summed E-state index contributed by atoms with van der Waals surface area (Å²) >= 11 is 0. The molecule has 5 heteroatoms. The molecule has 122 valence electrons. The fourth-order valence-electron chi connectivity index (χ4n) is 2.68. The Balaban J connectivity index is 1.59. The van der Waals surface area contributed by atoms with Gasteiger partial charge in [-0.3, -0.25) is 19.3 Å². The minimum atomic E-state index is -0.418. The Kier molecular flexibility index (Phi) is 4.42. The van der Waals surface area contributed by atoms with Gasteiger partial charge >= 0.3 is 0 Å². The number of fused-ring (bicyclic) bond motifs is 1. The minimum Gasteiger partial charge on any atom is -0.350 e. The number of nitrogens with one attached hydrogen (secondary N) is 1. The highest BCUT2D eigenvalue weighted by Gasteiger charge is 2.36. The Morgan fingerprint density at radius 1 is 0.917 bits per heavy atom. The number of hydrogen-bond acceptors (Lipinski definition) is 3. The van der Waals surface area contributed by atoms with Crippen LogP contribution in [0.5, 0.6) is 0 Å². The highest BCUT2D eigenvalue weighted by molar-refractivity contribution is 6.22. The van der Waals surface area contributed by atoms with E-state index in [0.29, 0.717) is 17.7 Å². The first kappa shape index (κ1) is 15.9. The fourth-order valence-corrected chi connectivity index (χ4v) is 2.68.